The Morgan fingerprint density at radius 3 is 1.97 bits per heavy atom. The summed E-state index contributed by atoms with van der Waals surface area (Å²) in [6.45, 7) is 10.4. The van der Waals surface area contributed by atoms with Gasteiger partial charge in [-0.1, -0.05) is 0 Å². The van der Waals surface area contributed by atoms with Gasteiger partial charge in [0.15, 0.2) is 12.2 Å². The van der Waals surface area contributed by atoms with Crippen molar-refractivity contribution in [1.29, 1.82) is 0 Å². The number of alkyl carbamates (subject to hydrolysis) is 2. The minimum atomic E-state index is -1.69. The second kappa shape index (κ2) is 12.2. The summed E-state index contributed by atoms with van der Waals surface area (Å²) in [4.78, 5) is 64.4. The van der Waals surface area contributed by atoms with Crippen molar-refractivity contribution in [2.45, 2.75) is 90.1 Å². The first kappa shape index (κ1) is 31.1. The summed E-state index contributed by atoms with van der Waals surface area (Å²) in [6, 6.07) is -2.64. The Labute approximate surface area is 224 Å². The van der Waals surface area contributed by atoms with Crippen LogP contribution in [0.2, 0.25) is 0 Å². The number of aliphatic carboxylic acids is 1. The molecule has 5 N–H and O–H groups in total. The second-order valence-corrected chi connectivity index (χ2v) is 10.6. The topological polar surface area (TPSA) is 220 Å². The van der Waals surface area contributed by atoms with Crippen molar-refractivity contribution in [3.8, 4) is 0 Å². The van der Waals surface area contributed by atoms with Crippen molar-refractivity contribution >= 4 is 36.2 Å². The van der Waals surface area contributed by atoms with Crippen LogP contribution in [0.25, 0.3) is 0 Å². The van der Waals surface area contributed by atoms with Gasteiger partial charge in [0.1, 0.15) is 23.9 Å². The third-order valence-electron chi connectivity index (χ3n) is 4.74. The fourth-order valence-corrected chi connectivity index (χ4v) is 3.40. The molecule has 16 heteroatoms. The van der Waals surface area contributed by atoms with Crippen LogP contribution >= 0.6 is 0 Å². The smallest absolute Gasteiger partial charge is 0.478 e. The van der Waals surface area contributed by atoms with Gasteiger partial charge < -0.3 is 39.2 Å². The van der Waals surface area contributed by atoms with Gasteiger partial charge in [0.05, 0.1) is 12.1 Å². The Kier molecular flexibility index (Phi) is 9.73. The summed E-state index contributed by atoms with van der Waals surface area (Å²) in [5.74, 6) is -3.36. The molecule has 0 spiro atoms. The molecular formula is C23H34N4O12. The van der Waals surface area contributed by atoms with E-state index in [9.17, 15) is 34.2 Å². The number of nitrogens with one attached hydrogen (secondary N) is 3. The molecule has 1 saturated heterocycles. The highest BCUT2D eigenvalue weighted by Crippen LogP contribution is 2.27. The molecule has 0 aromatic rings. The molecule has 2 heterocycles. The van der Waals surface area contributed by atoms with E-state index in [2.05, 4.69) is 25.7 Å². The zero-order chi connectivity index (χ0) is 29.7. The van der Waals surface area contributed by atoms with Crippen molar-refractivity contribution in [2.75, 3.05) is 6.61 Å². The Bertz CT molecular complexity index is 1010. The van der Waals surface area contributed by atoms with Gasteiger partial charge in [0.2, 0.25) is 17.6 Å². The van der Waals surface area contributed by atoms with Crippen LogP contribution in [0.3, 0.4) is 0 Å². The molecule has 3 amide bonds. The number of carbonyl (C=O) groups is 5. The van der Waals surface area contributed by atoms with Gasteiger partial charge in [-0.25, -0.2) is 24.2 Å². The largest absolute Gasteiger partial charge is 0.508 e. The lowest BCUT2D eigenvalue weighted by atomic mass is 9.92. The van der Waals surface area contributed by atoms with Crippen LogP contribution in [0.15, 0.2) is 16.8 Å². The summed E-state index contributed by atoms with van der Waals surface area (Å²) in [5, 5.41) is 27.5. The van der Waals surface area contributed by atoms with Crippen molar-refractivity contribution in [3.63, 3.8) is 0 Å². The fourth-order valence-electron chi connectivity index (χ4n) is 3.40. The monoisotopic (exact) mass is 558 g/mol. The van der Waals surface area contributed by atoms with Crippen LogP contribution in [0.4, 0.5) is 14.4 Å². The van der Waals surface area contributed by atoms with Crippen LogP contribution in [0.1, 0.15) is 48.5 Å². The average molecular weight is 559 g/mol. The molecule has 0 aliphatic carbocycles. The zero-order valence-corrected chi connectivity index (χ0v) is 22.6. The maximum Gasteiger partial charge on any atom is 0.508 e. The lowest BCUT2D eigenvalue weighted by Crippen LogP contribution is -2.60. The maximum atomic E-state index is 12.5. The number of aliphatic hydroxyl groups is 1. The van der Waals surface area contributed by atoms with E-state index < -0.39 is 83.5 Å². The number of hydrogen-bond acceptors (Lipinski definition) is 12. The summed E-state index contributed by atoms with van der Waals surface area (Å²) in [5.41, 5.74) is -1.85. The molecule has 0 radical (unpaired) electrons. The van der Waals surface area contributed by atoms with E-state index in [0.29, 0.717) is 0 Å². The van der Waals surface area contributed by atoms with Gasteiger partial charge in [-0.15, -0.1) is 0 Å². The predicted octanol–water partition coefficient (Wildman–Crippen LogP) is 0.529. The van der Waals surface area contributed by atoms with E-state index in [0.717, 1.165) is 13.0 Å². The number of hydrogen-bond donors (Lipinski definition) is 5. The molecule has 0 aromatic heterocycles. The molecule has 218 valence electrons. The Morgan fingerprint density at radius 2 is 1.56 bits per heavy atom. The standard InChI is InChI=1S/C23H34N4O12/c1-10(28)24-14-11(8-12(17(30)31)36-16(14)15(29)13-9-35-21(34)37-13)25-18(26-19(32)38-22(2,3)4)27-20(33)39-23(5,6)7/h8,11,13-16,29H,9H2,1-7H3,(H,24,28)(H,30,31)(H2,25,26,27,32,33)/t11-,13-,14+,15?,16+/m0/s1. The van der Waals surface area contributed by atoms with Crippen LogP contribution in [0, 0.1) is 0 Å². The van der Waals surface area contributed by atoms with Crippen molar-refractivity contribution in [1.82, 2.24) is 16.0 Å². The van der Waals surface area contributed by atoms with E-state index in [1.54, 1.807) is 41.5 Å². The van der Waals surface area contributed by atoms with Gasteiger partial charge >= 0.3 is 24.3 Å². The second-order valence-electron chi connectivity index (χ2n) is 10.6. The first-order valence-electron chi connectivity index (χ1n) is 11.8. The van der Waals surface area contributed by atoms with Crippen molar-refractivity contribution < 1.29 is 57.9 Å². The molecular weight excluding hydrogens is 524 g/mol. The molecule has 0 saturated carbocycles. The molecule has 2 aliphatic rings. The Balaban J connectivity index is 2.52. The molecule has 16 nitrogen and oxygen atoms in total. The molecule has 0 bridgehead atoms. The minimum Gasteiger partial charge on any atom is -0.478 e. The predicted molar refractivity (Wildman–Crippen MR) is 130 cm³/mol. The van der Waals surface area contributed by atoms with Crippen molar-refractivity contribution in [2.24, 2.45) is 4.99 Å². The van der Waals surface area contributed by atoms with Gasteiger partial charge in [-0.2, -0.15) is 0 Å². The van der Waals surface area contributed by atoms with Crippen LogP contribution < -0.4 is 16.0 Å². The molecule has 2 rings (SSSR count). The molecule has 39 heavy (non-hydrogen) atoms. The number of ether oxygens (including phenoxy) is 5. The lowest BCUT2D eigenvalue weighted by Gasteiger charge is -2.38. The first-order valence-corrected chi connectivity index (χ1v) is 11.8. The molecule has 2 aliphatic heterocycles. The highest BCUT2D eigenvalue weighted by Gasteiger charge is 2.47. The lowest BCUT2D eigenvalue weighted by molar-refractivity contribution is -0.143. The van der Waals surface area contributed by atoms with E-state index in [1.807, 2.05) is 0 Å². The number of nitrogens with zero attached hydrogens (tertiary/aromatic N) is 1. The first-order chi connectivity index (χ1) is 17.8. The SMILES string of the molecule is CC(=O)N[C@@H]1[C@@H](N=C(NC(=O)OC(C)(C)C)NC(=O)OC(C)(C)C)C=C(C(=O)O)O[C@H]1C(O)[C@@H]1COC(=O)O1. The third kappa shape index (κ3) is 9.96. The Hall–Kier alpha value is -4.08. The van der Waals surface area contributed by atoms with Crippen molar-refractivity contribution in [3.05, 3.63) is 11.8 Å². The number of rotatable bonds is 5. The van der Waals surface area contributed by atoms with E-state index in [1.165, 1.54) is 0 Å². The third-order valence-corrected chi connectivity index (χ3v) is 4.74. The van der Waals surface area contributed by atoms with E-state index in [4.69, 9.17) is 18.9 Å². The number of cyclic esters (lactones) is 2. The number of amides is 3. The number of guanidine groups is 1. The normalized spacial score (nSPS) is 23.5. The van der Waals surface area contributed by atoms with Crippen LogP contribution in [-0.2, 0) is 33.3 Å². The average Bonchev–Trinajstić information content (AvgIpc) is 3.17. The van der Waals surface area contributed by atoms with Gasteiger partial charge in [-0.05, 0) is 47.6 Å². The minimum absolute atomic E-state index is 0.363. The number of carboxylic acid groups (broad SMARTS) is 1. The quantitative estimate of drug-likeness (QED) is 0.135. The highest BCUT2D eigenvalue weighted by molar-refractivity contribution is 6.01. The number of aliphatic imine (C=N–C) groups is 1. The molecule has 5 atom stereocenters. The zero-order valence-electron chi connectivity index (χ0n) is 22.6. The molecule has 1 unspecified atom stereocenters. The number of aliphatic hydroxyl groups excluding tert-OH is 1. The summed E-state index contributed by atoms with van der Waals surface area (Å²) < 4.78 is 25.4. The maximum absolute atomic E-state index is 12.5. The summed E-state index contributed by atoms with van der Waals surface area (Å²) in [7, 11) is 0. The van der Waals surface area contributed by atoms with Crippen LogP contribution in [0.5, 0.6) is 0 Å². The summed E-state index contributed by atoms with van der Waals surface area (Å²) in [6.07, 6.45) is -6.56. The van der Waals surface area contributed by atoms with Gasteiger partial charge in [0.25, 0.3) is 0 Å². The highest BCUT2D eigenvalue weighted by atomic mass is 16.8. The van der Waals surface area contributed by atoms with Gasteiger partial charge in [0, 0.05) is 6.92 Å². The molecule has 0 aromatic carbocycles. The van der Waals surface area contributed by atoms with Crippen LogP contribution in [-0.4, -0.2) is 94.6 Å². The Morgan fingerprint density at radius 1 is 1.03 bits per heavy atom. The fraction of sp³-hybridized carbons (Fsp3) is 0.652. The van der Waals surface area contributed by atoms with Gasteiger partial charge in [-0.3, -0.25) is 15.4 Å². The van der Waals surface area contributed by atoms with E-state index >= 15 is 0 Å². The molecule has 1 fully saturated rings. The number of carboxylic acids is 1. The number of carbonyl (C=O) groups excluding carboxylic acids is 4. The van der Waals surface area contributed by atoms with E-state index in [-0.39, 0.29) is 6.61 Å². The summed E-state index contributed by atoms with van der Waals surface area (Å²) >= 11 is 0.